The molecule has 53 valence electrons. The molecule has 5 heteroatoms. The molecular formula is C3H7CuNO3. The zero-order valence-electron chi connectivity index (χ0n) is 4.18. The maximum absolute atomic E-state index is 9.54. The second kappa shape index (κ2) is 4.90. The fourth-order valence-electron chi connectivity index (χ4n) is 0.179. The van der Waals surface area contributed by atoms with Gasteiger partial charge in [0.25, 0.3) is 0 Å². The maximum Gasteiger partial charge on any atom is 0.406 e. The number of amides is 1. The van der Waals surface area contributed by atoms with Crippen molar-refractivity contribution >= 4 is 6.09 Å². The van der Waals surface area contributed by atoms with Crippen molar-refractivity contribution in [1.29, 1.82) is 0 Å². The number of hydrogen-bond donors (Lipinski definition) is 3. The second-order valence-corrected chi connectivity index (χ2v) is 1.13. The Hall–Kier alpha value is -0.251. The van der Waals surface area contributed by atoms with Gasteiger partial charge < -0.3 is 10.2 Å². The van der Waals surface area contributed by atoms with Crippen LogP contribution >= 0.6 is 0 Å². The molecule has 0 aromatic carbocycles. The van der Waals surface area contributed by atoms with Crippen molar-refractivity contribution in [3.05, 3.63) is 0 Å². The molecular weight excluding hydrogens is 162 g/mol. The van der Waals surface area contributed by atoms with E-state index in [-0.39, 0.29) is 17.1 Å². The molecule has 1 unspecified atom stereocenters. The van der Waals surface area contributed by atoms with Gasteiger partial charge in [-0.15, -0.1) is 0 Å². The third-order valence-electron chi connectivity index (χ3n) is 0.332. The van der Waals surface area contributed by atoms with E-state index in [0.717, 1.165) is 0 Å². The minimum atomic E-state index is -1.21. The first kappa shape index (κ1) is 10.7. The van der Waals surface area contributed by atoms with Gasteiger partial charge in [0, 0.05) is 17.1 Å². The summed E-state index contributed by atoms with van der Waals surface area (Å²) in [6.07, 6.45) is -2.19. The Balaban J connectivity index is 0. The zero-order chi connectivity index (χ0) is 5.86. The predicted octanol–water partition coefficient (Wildman–Crippen LogP) is -0.410. The first-order valence-electron chi connectivity index (χ1n) is 1.80. The van der Waals surface area contributed by atoms with Gasteiger partial charge in [-0.3, -0.25) is 5.32 Å². The molecule has 8 heavy (non-hydrogen) atoms. The summed E-state index contributed by atoms with van der Waals surface area (Å²) in [6, 6.07) is 0. The standard InChI is InChI=1S/C3H7NO3.Cu/c1-2(5)4-3(6)7;/h2,4-5H,1H3,(H,6,7);. The summed E-state index contributed by atoms with van der Waals surface area (Å²) < 4.78 is 0. The average molecular weight is 169 g/mol. The van der Waals surface area contributed by atoms with E-state index in [1.165, 1.54) is 6.92 Å². The third-order valence-corrected chi connectivity index (χ3v) is 0.332. The van der Waals surface area contributed by atoms with Gasteiger partial charge in [-0.25, -0.2) is 4.79 Å². The summed E-state index contributed by atoms with van der Waals surface area (Å²) in [4.78, 5) is 9.54. The van der Waals surface area contributed by atoms with Gasteiger partial charge in [-0.2, -0.15) is 0 Å². The topological polar surface area (TPSA) is 69.6 Å². The van der Waals surface area contributed by atoms with E-state index in [1.807, 2.05) is 0 Å². The van der Waals surface area contributed by atoms with Gasteiger partial charge in [-0.05, 0) is 6.92 Å². The molecule has 0 aliphatic rings. The first-order chi connectivity index (χ1) is 3.13. The number of carbonyl (C=O) groups is 1. The molecule has 4 nitrogen and oxygen atoms in total. The van der Waals surface area contributed by atoms with Crippen LogP contribution in [0.1, 0.15) is 6.92 Å². The third kappa shape index (κ3) is 9.23. The molecule has 1 amide bonds. The van der Waals surface area contributed by atoms with Gasteiger partial charge in [0.1, 0.15) is 6.23 Å². The van der Waals surface area contributed by atoms with Crippen LogP contribution in [0.4, 0.5) is 4.79 Å². The van der Waals surface area contributed by atoms with Crippen molar-refractivity contribution in [2.75, 3.05) is 0 Å². The van der Waals surface area contributed by atoms with Gasteiger partial charge in [0.05, 0.1) is 0 Å². The summed E-state index contributed by atoms with van der Waals surface area (Å²) in [5.74, 6) is 0. The molecule has 0 saturated carbocycles. The minimum absolute atomic E-state index is 0. The van der Waals surface area contributed by atoms with Gasteiger partial charge >= 0.3 is 6.09 Å². The van der Waals surface area contributed by atoms with E-state index in [2.05, 4.69) is 0 Å². The number of nitrogens with one attached hydrogen (secondary N) is 1. The van der Waals surface area contributed by atoms with Crippen molar-refractivity contribution in [3.63, 3.8) is 0 Å². The molecule has 1 atom stereocenters. The van der Waals surface area contributed by atoms with Crippen molar-refractivity contribution in [2.45, 2.75) is 13.2 Å². The Morgan fingerprint density at radius 1 is 1.75 bits per heavy atom. The van der Waals surface area contributed by atoms with E-state index in [4.69, 9.17) is 10.2 Å². The van der Waals surface area contributed by atoms with Crippen LogP contribution in [0.15, 0.2) is 0 Å². The fourth-order valence-corrected chi connectivity index (χ4v) is 0.179. The summed E-state index contributed by atoms with van der Waals surface area (Å²) in [5, 5.41) is 17.8. The quantitative estimate of drug-likeness (QED) is 0.368. The molecule has 0 fully saturated rings. The van der Waals surface area contributed by atoms with E-state index in [0.29, 0.717) is 0 Å². The van der Waals surface area contributed by atoms with Crippen LogP contribution in [0.25, 0.3) is 0 Å². The zero-order valence-corrected chi connectivity index (χ0v) is 5.12. The van der Waals surface area contributed by atoms with Crippen molar-refractivity contribution in [3.8, 4) is 0 Å². The number of carboxylic acid groups (broad SMARTS) is 1. The Labute approximate surface area is 57.4 Å². The van der Waals surface area contributed by atoms with E-state index in [1.54, 1.807) is 5.32 Å². The monoisotopic (exact) mass is 168 g/mol. The molecule has 0 aliphatic heterocycles. The number of aliphatic hydroxyl groups excluding tert-OH is 1. The van der Waals surface area contributed by atoms with Crippen LogP contribution in [-0.4, -0.2) is 22.5 Å². The minimum Gasteiger partial charge on any atom is -0.465 e. The first-order valence-corrected chi connectivity index (χ1v) is 1.80. The molecule has 0 aliphatic carbocycles. The predicted molar refractivity (Wildman–Crippen MR) is 22.8 cm³/mol. The van der Waals surface area contributed by atoms with Gasteiger partial charge in [-0.1, -0.05) is 0 Å². The van der Waals surface area contributed by atoms with E-state index in [9.17, 15) is 4.79 Å². The molecule has 0 heterocycles. The second-order valence-electron chi connectivity index (χ2n) is 1.13. The van der Waals surface area contributed by atoms with Crippen LogP contribution in [0.2, 0.25) is 0 Å². The summed E-state index contributed by atoms with van der Waals surface area (Å²) in [5.41, 5.74) is 0. The summed E-state index contributed by atoms with van der Waals surface area (Å²) in [7, 11) is 0. The largest absolute Gasteiger partial charge is 0.465 e. The normalized spacial score (nSPS) is 11.2. The molecule has 0 spiro atoms. The molecule has 0 aromatic rings. The van der Waals surface area contributed by atoms with E-state index >= 15 is 0 Å². The van der Waals surface area contributed by atoms with Crippen LogP contribution in [0, 0.1) is 0 Å². The van der Waals surface area contributed by atoms with Crippen LogP contribution in [-0.2, 0) is 17.1 Å². The summed E-state index contributed by atoms with van der Waals surface area (Å²) >= 11 is 0. The van der Waals surface area contributed by atoms with Crippen LogP contribution in [0.5, 0.6) is 0 Å². The smallest absolute Gasteiger partial charge is 0.406 e. The van der Waals surface area contributed by atoms with Gasteiger partial charge in [0.15, 0.2) is 0 Å². The summed E-state index contributed by atoms with van der Waals surface area (Å²) in [6.45, 7) is 1.33. The van der Waals surface area contributed by atoms with E-state index < -0.39 is 12.3 Å². The maximum atomic E-state index is 9.54. The van der Waals surface area contributed by atoms with Crippen LogP contribution in [0.3, 0.4) is 0 Å². The molecule has 0 saturated heterocycles. The van der Waals surface area contributed by atoms with Crippen molar-refractivity contribution < 1.29 is 32.1 Å². The fraction of sp³-hybridized carbons (Fsp3) is 0.667. The average Bonchev–Trinajstić information content (AvgIpc) is 1.27. The van der Waals surface area contributed by atoms with Crippen molar-refractivity contribution in [2.24, 2.45) is 0 Å². The van der Waals surface area contributed by atoms with Crippen LogP contribution < -0.4 is 5.32 Å². The molecule has 0 aromatic heterocycles. The number of aliphatic hydroxyl groups is 1. The molecule has 3 N–H and O–H groups in total. The Morgan fingerprint density at radius 3 is 2.12 bits per heavy atom. The number of hydrogen-bond acceptors (Lipinski definition) is 2. The molecule has 1 radical (unpaired) electrons. The number of rotatable bonds is 1. The molecule has 0 bridgehead atoms. The Morgan fingerprint density at radius 2 is 2.12 bits per heavy atom. The van der Waals surface area contributed by atoms with Crippen molar-refractivity contribution in [1.82, 2.24) is 5.32 Å². The molecule has 0 rings (SSSR count). The Bertz CT molecular complexity index is 74.9. The Kier molecular flexibility index (Phi) is 6.54. The SMILES string of the molecule is CC(O)NC(=O)O.[Cu]. The van der Waals surface area contributed by atoms with Gasteiger partial charge in [0.2, 0.25) is 0 Å².